The van der Waals surface area contributed by atoms with Crippen LogP contribution in [0.1, 0.15) is 0 Å². The number of rotatable bonds is 3. The van der Waals surface area contributed by atoms with Crippen LogP contribution in [0.3, 0.4) is 0 Å². The third kappa shape index (κ3) is 3.66. The maximum atomic E-state index is 5.56. The van der Waals surface area contributed by atoms with Gasteiger partial charge in [-0.15, -0.1) is 11.3 Å². The van der Waals surface area contributed by atoms with E-state index in [2.05, 4.69) is 149 Å². The zero-order valence-corrected chi connectivity index (χ0v) is 26.9. The smallest absolute Gasteiger partial charge is 0.235 e. The van der Waals surface area contributed by atoms with Crippen molar-refractivity contribution in [2.45, 2.75) is 0 Å². The average molecular weight is 644 g/mol. The summed E-state index contributed by atoms with van der Waals surface area (Å²) in [4.78, 5) is 16.9. The zero-order valence-electron chi connectivity index (χ0n) is 26.1. The number of fused-ring (bicyclic) bond motifs is 13. The molecule has 0 amide bonds. The molecule has 0 saturated heterocycles. The van der Waals surface area contributed by atoms with Crippen LogP contribution in [0.25, 0.3) is 97.7 Å². The summed E-state index contributed by atoms with van der Waals surface area (Å²) in [5.74, 6) is 0.649. The van der Waals surface area contributed by atoms with E-state index >= 15 is 0 Å². The topological polar surface area (TPSA) is 48.5 Å². The molecule has 0 atom stereocenters. The minimum Gasteiger partial charge on any atom is -0.306 e. The van der Waals surface area contributed by atoms with Gasteiger partial charge < -0.3 is 4.57 Å². The number of nitrogens with zero attached hydrogens (tertiary/aromatic N) is 5. The Morgan fingerprint density at radius 1 is 0.469 bits per heavy atom. The largest absolute Gasteiger partial charge is 0.306 e. The van der Waals surface area contributed by atoms with E-state index in [0.29, 0.717) is 5.95 Å². The summed E-state index contributed by atoms with van der Waals surface area (Å²) >= 11 is 1.75. The molecule has 0 unspecified atom stereocenters. The van der Waals surface area contributed by atoms with Crippen molar-refractivity contribution >= 4 is 86.2 Å². The number of para-hydroxylation sites is 3. The molecule has 0 N–H and O–H groups in total. The van der Waals surface area contributed by atoms with Crippen molar-refractivity contribution in [3.05, 3.63) is 152 Å². The van der Waals surface area contributed by atoms with Gasteiger partial charge in [0.2, 0.25) is 5.95 Å². The van der Waals surface area contributed by atoms with Crippen LogP contribution in [0.4, 0.5) is 0 Å². The molecule has 0 saturated carbocycles. The first-order valence-corrected chi connectivity index (χ1v) is 17.2. The van der Waals surface area contributed by atoms with Crippen molar-refractivity contribution in [1.82, 2.24) is 24.1 Å². The van der Waals surface area contributed by atoms with Crippen molar-refractivity contribution in [1.29, 1.82) is 0 Å². The number of pyridine rings is 1. The van der Waals surface area contributed by atoms with Crippen LogP contribution in [0.2, 0.25) is 0 Å². The maximum absolute atomic E-state index is 5.56. The van der Waals surface area contributed by atoms with E-state index in [1.807, 2.05) is 12.3 Å². The van der Waals surface area contributed by atoms with Crippen LogP contribution in [-0.4, -0.2) is 24.1 Å². The highest BCUT2D eigenvalue weighted by Crippen LogP contribution is 2.47. The van der Waals surface area contributed by atoms with Gasteiger partial charge in [0.05, 0.1) is 26.8 Å². The first kappa shape index (κ1) is 26.7. The fourth-order valence-electron chi connectivity index (χ4n) is 7.80. The molecule has 0 radical (unpaired) electrons. The molecule has 0 spiro atoms. The molecule has 228 valence electrons. The normalized spacial score (nSPS) is 12.1. The molecule has 6 heteroatoms. The molecule has 0 aliphatic carbocycles. The van der Waals surface area contributed by atoms with Gasteiger partial charge in [-0.1, -0.05) is 109 Å². The molecule has 0 aliphatic rings. The number of hydrogen-bond donors (Lipinski definition) is 0. The van der Waals surface area contributed by atoms with Crippen LogP contribution in [0, 0.1) is 0 Å². The lowest BCUT2D eigenvalue weighted by Gasteiger charge is -2.13. The second-order valence-corrected chi connectivity index (χ2v) is 13.4. The van der Waals surface area contributed by atoms with Gasteiger partial charge in [0.15, 0.2) is 0 Å². The summed E-state index contributed by atoms with van der Waals surface area (Å²) in [7, 11) is 0. The summed E-state index contributed by atoms with van der Waals surface area (Å²) in [6.45, 7) is 0. The summed E-state index contributed by atoms with van der Waals surface area (Å²) in [5.41, 5.74) is 8.20. The molecule has 11 aromatic rings. The Kier molecular flexibility index (Phi) is 5.48. The molecule has 6 aromatic carbocycles. The first-order valence-electron chi connectivity index (χ1n) is 16.4. The van der Waals surface area contributed by atoms with Crippen LogP contribution in [0.5, 0.6) is 0 Å². The van der Waals surface area contributed by atoms with Crippen LogP contribution >= 0.6 is 11.3 Å². The van der Waals surface area contributed by atoms with Gasteiger partial charge in [0, 0.05) is 44.4 Å². The molecule has 5 heterocycles. The van der Waals surface area contributed by atoms with Crippen LogP contribution in [-0.2, 0) is 0 Å². The van der Waals surface area contributed by atoms with E-state index in [1.165, 1.54) is 37.0 Å². The third-order valence-corrected chi connectivity index (χ3v) is 10.9. The van der Waals surface area contributed by atoms with Crippen LogP contribution < -0.4 is 0 Å². The molecular formula is C43H25N5S. The lowest BCUT2D eigenvalue weighted by atomic mass is 9.99. The molecule has 0 aliphatic heterocycles. The summed E-state index contributed by atoms with van der Waals surface area (Å²) in [6.07, 6.45) is 1.89. The summed E-state index contributed by atoms with van der Waals surface area (Å²) < 4.78 is 5.80. The number of thiophene rings is 1. The van der Waals surface area contributed by atoms with E-state index in [4.69, 9.17) is 15.0 Å². The minimum absolute atomic E-state index is 0.649. The second-order valence-electron chi connectivity index (χ2n) is 12.4. The Morgan fingerprint density at radius 2 is 1.08 bits per heavy atom. The molecule has 5 nitrogen and oxygen atoms in total. The summed E-state index contributed by atoms with van der Waals surface area (Å²) in [6, 6.07) is 51.3. The molecular weight excluding hydrogens is 619 g/mol. The molecule has 5 aromatic heterocycles. The highest BCUT2D eigenvalue weighted by molar-refractivity contribution is 7.26. The van der Waals surface area contributed by atoms with Crippen molar-refractivity contribution in [3.8, 4) is 22.9 Å². The molecule has 0 bridgehead atoms. The Balaban J connectivity index is 1.38. The Hall–Kier alpha value is -6.37. The van der Waals surface area contributed by atoms with E-state index in [1.54, 1.807) is 11.3 Å². The predicted octanol–water partition coefficient (Wildman–Crippen LogP) is 11.3. The molecule has 11 rings (SSSR count). The lowest BCUT2D eigenvalue weighted by molar-refractivity contribution is 1.01. The highest BCUT2D eigenvalue weighted by atomic mass is 32.1. The van der Waals surface area contributed by atoms with Gasteiger partial charge in [0.25, 0.3) is 0 Å². The second kappa shape index (κ2) is 10.1. The molecule has 0 fully saturated rings. The molecule has 49 heavy (non-hydrogen) atoms. The number of hydrogen-bond acceptors (Lipinski definition) is 4. The fraction of sp³-hybridized carbons (Fsp3) is 0. The third-order valence-electron chi connectivity index (χ3n) is 9.78. The fourth-order valence-corrected chi connectivity index (χ4v) is 8.99. The quantitative estimate of drug-likeness (QED) is 0.192. The van der Waals surface area contributed by atoms with Crippen molar-refractivity contribution in [2.24, 2.45) is 0 Å². The zero-order chi connectivity index (χ0) is 32.1. The Labute approximate surface area is 284 Å². The first-order chi connectivity index (χ1) is 24.3. The SMILES string of the molecule is c1ccc(-c2nc(-n3c4ccccc4c4c5ccccc5c5c6cccnc6sc5c43)nc3c4ccccc4n(-c4ccccc4)c23)cc1. The Morgan fingerprint density at radius 3 is 1.86 bits per heavy atom. The highest BCUT2D eigenvalue weighted by Gasteiger charge is 2.26. The number of benzene rings is 6. The van der Waals surface area contributed by atoms with Crippen molar-refractivity contribution in [3.63, 3.8) is 0 Å². The van der Waals surface area contributed by atoms with Crippen molar-refractivity contribution in [2.75, 3.05) is 0 Å². The predicted molar refractivity (Wildman–Crippen MR) is 204 cm³/mol. The lowest BCUT2D eigenvalue weighted by Crippen LogP contribution is -2.05. The van der Waals surface area contributed by atoms with Gasteiger partial charge in [-0.3, -0.25) is 4.57 Å². The van der Waals surface area contributed by atoms with E-state index < -0.39 is 0 Å². The van der Waals surface area contributed by atoms with E-state index in [9.17, 15) is 0 Å². The van der Waals surface area contributed by atoms with Crippen molar-refractivity contribution < 1.29 is 0 Å². The Bertz CT molecular complexity index is 3100. The van der Waals surface area contributed by atoms with Crippen LogP contribution in [0.15, 0.2) is 152 Å². The standard InChI is InChI=1S/C43H25N5S/c1-3-14-26(15-4-1)37-40-38(31-21-10-12-24-34(31)47(40)27-16-5-2-6-17-27)46-43(45-37)48-33-23-11-9-20-30(33)35-28-18-7-8-19-29(28)36-32-22-13-25-44-42(32)49-41(36)39(35)48/h1-25H. The maximum Gasteiger partial charge on any atom is 0.235 e. The van der Waals surface area contributed by atoms with E-state index in [-0.39, 0.29) is 0 Å². The van der Waals surface area contributed by atoms with E-state index in [0.717, 1.165) is 54.7 Å². The van der Waals surface area contributed by atoms with Gasteiger partial charge in [-0.25, -0.2) is 15.0 Å². The van der Waals surface area contributed by atoms with Gasteiger partial charge in [0.1, 0.15) is 16.0 Å². The van der Waals surface area contributed by atoms with Gasteiger partial charge in [-0.05, 0) is 47.2 Å². The monoisotopic (exact) mass is 643 g/mol. The minimum atomic E-state index is 0.649. The average Bonchev–Trinajstić information content (AvgIpc) is 3.84. The van der Waals surface area contributed by atoms with Gasteiger partial charge in [-0.2, -0.15) is 0 Å². The van der Waals surface area contributed by atoms with Gasteiger partial charge >= 0.3 is 0 Å². The number of aromatic nitrogens is 5. The summed E-state index contributed by atoms with van der Waals surface area (Å²) in [5, 5.41) is 8.33.